The van der Waals surface area contributed by atoms with E-state index in [9.17, 15) is 8.78 Å². The summed E-state index contributed by atoms with van der Waals surface area (Å²) in [6.07, 6.45) is 0.701. The molecule has 0 spiro atoms. The van der Waals surface area contributed by atoms with Crippen molar-refractivity contribution in [2.45, 2.75) is 32.6 Å². The zero-order valence-corrected chi connectivity index (χ0v) is 9.25. The number of rotatable bonds is 2. The van der Waals surface area contributed by atoms with Gasteiger partial charge in [0.2, 0.25) is 0 Å². The average Bonchev–Trinajstić information content (AvgIpc) is 2.12. The van der Waals surface area contributed by atoms with Crippen LogP contribution in [0.2, 0.25) is 5.02 Å². The van der Waals surface area contributed by atoms with Crippen LogP contribution in [0.5, 0.6) is 0 Å². The molecule has 0 aliphatic heterocycles. The van der Waals surface area contributed by atoms with E-state index in [0.717, 1.165) is 12.1 Å². The van der Waals surface area contributed by atoms with Crippen molar-refractivity contribution < 1.29 is 8.78 Å². The van der Waals surface area contributed by atoms with E-state index in [0.29, 0.717) is 6.42 Å². The SMILES string of the molecule is CCC(C)(C)c1c(F)ccc(F)c1Cl. The predicted octanol–water partition coefficient (Wildman–Crippen LogP) is 4.31. The van der Waals surface area contributed by atoms with Gasteiger partial charge in [-0.15, -0.1) is 0 Å². The van der Waals surface area contributed by atoms with Gasteiger partial charge in [-0.05, 0) is 24.0 Å². The van der Waals surface area contributed by atoms with Crippen molar-refractivity contribution in [2.75, 3.05) is 0 Å². The molecular weight excluding hydrogens is 206 g/mol. The monoisotopic (exact) mass is 218 g/mol. The molecule has 0 fully saturated rings. The third kappa shape index (κ3) is 1.90. The Balaban J connectivity index is 3.40. The van der Waals surface area contributed by atoms with Crippen molar-refractivity contribution in [3.05, 3.63) is 34.4 Å². The molecule has 0 saturated carbocycles. The van der Waals surface area contributed by atoms with Crippen LogP contribution in [0.4, 0.5) is 8.78 Å². The summed E-state index contributed by atoms with van der Waals surface area (Å²) in [4.78, 5) is 0. The van der Waals surface area contributed by atoms with Gasteiger partial charge in [-0.3, -0.25) is 0 Å². The van der Waals surface area contributed by atoms with Crippen molar-refractivity contribution in [3.63, 3.8) is 0 Å². The van der Waals surface area contributed by atoms with Crippen LogP contribution in [0.15, 0.2) is 12.1 Å². The standard InChI is InChI=1S/C11H13ClF2/c1-4-11(2,3)9-7(13)5-6-8(14)10(9)12/h5-6H,4H2,1-3H3. The zero-order chi connectivity index (χ0) is 10.9. The molecule has 0 radical (unpaired) electrons. The van der Waals surface area contributed by atoms with E-state index in [2.05, 4.69) is 0 Å². The number of benzene rings is 1. The summed E-state index contributed by atoms with van der Waals surface area (Å²) in [5.74, 6) is -1.01. The van der Waals surface area contributed by atoms with Gasteiger partial charge >= 0.3 is 0 Å². The Morgan fingerprint density at radius 1 is 1.21 bits per heavy atom. The zero-order valence-electron chi connectivity index (χ0n) is 8.50. The topological polar surface area (TPSA) is 0 Å². The second kappa shape index (κ2) is 3.85. The van der Waals surface area contributed by atoms with Gasteiger partial charge in [0.1, 0.15) is 11.6 Å². The lowest BCUT2D eigenvalue weighted by molar-refractivity contribution is 0.463. The van der Waals surface area contributed by atoms with Gasteiger partial charge in [-0.25, -0.2) is 8.78 Å². The highest BCUT2D eigenvalue weighted by Gasteiger charge is 2.26. The molecule has 0 saturated heterocycles. The molecule has 0 bridgehead atoms. The van der Waals surface area contributed by atoms with Crippen molar-refractivity contribution in [3.8, 4) is 0 Å². The van der Waals surface area contributed by atoms with E-state index in [-0.39, 0.29) is 10.6 Å². The molecule has 14 heavy (non-hydrogen) atoms. The summed E-state index contributed by atoms with van der Waals surface area (Å²) in [6, 6.07) is 2.17. The van der Waals surface area contributed by atoms with Crippen LogP contribution < -0.4 is 0 Å². The van der Waals surface area contributed by atoms with E-state index in [1.165, 1.54) is 0 Å². The number of halogens is 3. The smallest absolute Gasteiger partial charge is 0.142 e. The molecular formula is C11H13ClF2. The molecule has 1 aromatic carbocycles. The minimum Gasteiger partial charge on any atom is -0.207 e. The summed E-state index contributed by atoms with van der Waals surface area (Å²) in [7, 11) is 0. The van der Waals surface area contributed by atoms with Crippen LogP contribution in [0.1, 0.15) is 32.8 Å². The van der Waals surface area contributed by atoms with Crippen LogP contribution in [0.25, 0.3) is 0 Å². The lowest BCUT2D eigenvalue weighted by atomic mass is 9.82. The van der Waals surface area contributed by atoms with Crippen LogP contribution >= 0.6 is 11.6 Å². The summed E-state index contributed by atoms with van der Waals surface area (Å²) in [6.45, 7) is 5.61. The van der Waals surface area contributed by atoms with Gasteiger partial charge in [0.05, 0.1) is 5.02 Å². The Morgan fingerprint density at radius 3 is 2.21 bits per heavy atom. The fourth-order valence-corrected chi connectivity index (χ4v) is 1.73. The molecule has 0 nitrogen and oxygen atoms in total. The largest absolute Gasteiger partial charge is 0.207 e. The molecule has 1 aromatic rings. The van der Waals surface area contributed by atoms with Crippen molar-refractivity contribution in [1.29, 1.82) is 0 Å². The molecule has 0 heterocycles. The maximum absolute atomic E-state index is 13.5. The van der Waals surface area contributed by atoms with Gasteiger partial charge in [-0.1, -0.05) is 32.4 Å². The highest BCUT2D eigenvalue weighted by Crippen LogP contribution is 2.35. The van der Waals surface area contributed by atoms with Crippen molar-refractivity contribution in [1.82, 2.24) is 0 Å². The van der Waals surface area contributed by atoms with Gasteiger partial charge < -0.3 is 0 Å². The predicted molar refractivity (Wildman–Crippen MR) is 54.7 cm³/mol. The first-order chi connectivity index (χ1) is 6.40. The minimum atomic E-state index is -0.565. The lowest BCUT2D eigenvalue weighted by Crippen LogP contribution is -2.18. The van der Waals surface area contributed by atoms with Gasteiger partial charge in [0.25, 0.3) is 0 Å². The van der Waals surface area contributed by atoms with Crippen LogP contribution in [0.3, 0.4) is 0 Å². The van der Waals surface area contributed by atoms with Crippen molar-refractivity contribution >= 4 is 11.6 Å². The highest BCUT2D eigenvalue weighted by molar-refractivity contribution is 6.31. The first-order valence-electron chi connectivity index (χ1n) is 4.54. The third-order valence-corrected chi connectivity index (χ3v) is 2.97. The second-order valence-electron chi connectivity index (χ2n) is 3.96. The Morgan fingerprint density at radius 2 is 1.71 bits per heavy atom. The van der Waals surface area contributed by atoms with E-state index >= 15 is 0 Å². The quantitative estimate of drug-likeness (QED) is 0.649. The van der Waals surface area contributed by atoms with E-state index < -0.39 is 17.0 Å². The molecule has 0 aromatic heterocycles. The maximum atomic E-state index is 13.5. The summed E-state index contributed by atoms with van der Waals surface area (Å²) >= 11 is 5.75. The molecule has 1 rings (SSSR count). The Bertz CT molecular complexity index is 345. The molecule has 78 valence electrons. The summed E-state index contributed by atoms with van der Waals surface area (Å²) in [5, 5.41) is -0.100. The lowest BCUT2D eigenvalue weighted by Gasteiger charge is -2.25. The third-order valence-electron chi connectivity index (χ3n) is 2.60. The Labute approximate surface area is 87.9 Å². The minimum absolute atomic E-state index is 0.100. The van der Waals surface area contributed by atoms with E-state index in [1.54, 1.807) is 0 Å². The average molecular weight is 219 g/mol. The molecule has 0 aliphatic rings. The molecule has 0 atom stereocenters. The van der Waals surface area contributed by atoms with Crippen LogP contribution in [-0.2, 0) is 5.41 Å². The second-order valence-corrected chi connectivity index (χ2v) is 4.33. The molecule has 0 N–H and O–H groups in total. The van der Waals surface area contributed by atoms with E-state index in [1.807, 2.05) is 20.8 Å². The molecule has 0 unspecified atom stereocenters. The Kier molecular flexibility index (Phi) is 3.15. The van der Waals surface area contributed by atoms with Gasteiger partial charge in [-0.2, -0.15) is 0 Å². The normalized spacial score (nSPS) is 11.9. The molecule has 0 aliphatic carbocycles. The first-order valence-corrected chi connectivity index (χ1v) is 4.92. The van der Waals surface area contributed by atoms with Gasteiger partial charge in [0, 0.05) is 5.56 Å². The van der Waals surface area contributed by atoms with Gasteiger partial charge in [0.15, 0.2) is 0 Å². The van der Waals surface area contributed by atoms with Crippen LogP contribution in [0, 0.1) is 11.6 Å². The van der Waals surface area contributed by atoms with Crippen molar-refractivity contribution in [2.24, 2.45) is 0 Å². The first kappa shape index (κ1) is 11.4. The number of hydrogen-bond donors (Lipinski definition) is 0. The fourth-order valence-electron chi connectivity index (χ4n) is 1.32. The highest BCUT2D eigenvalue weighted by atomic mass is 35.5. The summed E-state index contributed by atoms with van der Waals surface area (Å²) < 4.78 is 26.6. The number of hydrogen-bond acceptors (Lipinski definition) is 0. The Hall–Kier alpha value is -0.630. The summed E-state index contributed by atoms with van der Waals surface area (Å²) in [5.41, 5.74) is -0.176. The van der Waals surface area contributed by atoms with E-state index in [4.69, 9.17) is 11.6 Å². The van der Waals surface area contributed by atoms with Crippen LogP contribution in [-0.4, -0.2) is 0 Å². The molecule has 3 heteroatoms. The molecule has 0 amide bonds. The maximum Gasteiger partial charge on any atom is 0.142 e. The fraction of sp³-hybridized carbons (Fsp3) is 0.455.